The number of pyridine rings is 1. The summed E-state index contributed by atoms with van der Waals surface area (Å²) in [7, 11) is 1.42. The van der Waals surface area contributed by atoms with Crippen molar-refractivity contribution in [3.63, 3.8) is 0 Å². The van der Waals surface area contributed by atoms with Crippen LogP contribution in [0.25, 0.3) is 11.4 Å². The summed E-state index contributed by atoms with van der Waals surface area (Å²) in [5.74, 6) is 1.47. The summed E-state index contributed by atoms with van der Waals surface area (Å²) in [6.45, 7) is 7.65. The van der Waals surface area contributed by atoms with Gasteiger partial charge in [-0.15, -0.1) is 0 Å². The van der Waals surface area contributed by atoms with Gasteiger partial charge in [-0.3, -0.25) is 14.7 Å². The number of esters is 1. The van der Waals surface area contributed by atoms with Crippen LogP contribution in [0.4, 0.5) is 5.82 Å². The number of anilines is 1. The second-order valence-electron chi connectivity index (χ2n) is 6.16. The minimum Gasteiger partial charge on any atom is -0.468 e. The Hall–Kier alpha value is -2.54. The van der Waals surface area contributed by atoms with E-state index in [1.54, 1.807) is 12.4 Å². The van der Waals surface area contributed by atoms with E-state index < -0.39 is 0 Å². The van der Waals surface area contributed by atoms with Gasteiger partial charge < -0.3 is 9.64 Å². The number of rotatable bonds is 4. The van der Waals surface area contributed by atoms with Crippen molar-refractivity contribution in [3.05, 3.63) is 35.8 Å². The van der Waals surface area contributed by atoms with Crippen molar-refractivity contribution >= 4 is 11.8 Å². The van der Waals surface area contributed by atoms with E-state index >= 15 is 0 Å². The summed E-state index contributed by atoms with van der Waals surface area (Å²) in [5, 5.41) is 0. The minimum atomic E-state index is -0.193. The molecule has 0 spiro atoms. The summed E-state index contributed by atoms with van der Waals surface area (Å²) in [4.78, 5) is 29.4. The fraction of sp³-hybridized carbons (Fsp3) is 0.444. The molecule has 1 aliphatic heterocycles. The Balaban J connectivity index is 1.79. The van der Waals surface area contributed by atoms with Crippen molar-refractivity contribution < 1.29 is 9.53 Å². The average molecular weight is 341 g/mol. The van der Waals surface area contributed by atoms with Crippen LogP contribution in [0.2, 0.25) is 0 Å². The Bertz CT molecular complexity index is 743. The Morgan fingerprint density at radius 3 is 2.60 bits per heavy atom. The summed E-state index contributed by atoms with van der Waals surface area (Å²) in [6.07, 6.45) is 3.52. The molecule has 0 N–H and O–H groups in total. The molecule has 0 amide bonds. The van der Waals surface area contributed by atoms with E-state index in [2.05, 4.69) is 26.7 Å². The third-order valence-corrected chi connectivity index (χ3v) is 4.54. The van der Waals surface area contributed by atoms with Crippen LogP contribution in [-0.2, 0) is 9.53 Å². The Kier molecular flexibility index (Phi) is 5.23. The maximum absolute atomic E-state index is 11.4. The van der Waals surface area contributed by atoms with Crippen LogP contribution in [0.3, 0.4) is 0 Å². The number of aromatic nitrogens is 3. The van der Waals surface area contributed by atoms with Gasteiger partial charge in [-0.1, -0.05) is 0 Å². The summed E-state index contributed by atoms with van der Waals surface area (Å²) in [5.41, 5.74) is 2.98. The fourth-order valence-corrected chi connectivity index (χ4v) is 2.91. The number of ether oxygens (including phenoxy) is 1. The zero-order valence-corrected chi connectivity index (χ0v) is 14.9. The lowest BCUT2D eigenvalue weighted by molar-refractivity contribution is -0.142. The molecule has 0 aliphatic carbocycles. The molecule has 1 saturated heterocycles. The second kappa shape index (κ2) is 7.57. The molecule has 0 atom stereocenters. The van der Waals surface area contributed by atoms with Crippen LogP contribution in [0.5, 0.6) is 0 Å². The third-order valence-electron chi connectivity index (χ3n) is 4.54. The van der Waals surface area contributed by atoms with E-state index in [-0.39, 0.29) is 5.97 Å². The molecule has 0 unspecified atom stereocenters. The quantitative estimate of drug-likeness (QED) is 0.780. The van der Waals surface area contributed by atoms with Crippen LogP contribution in [0, 0.1) is 13.8 Å². The summed E-state index contributed by atoms with van der Waals surface area (Å²) >= 11 is 0. The highest BCUT2D eigenvalue weighted by atomic mass is 16.5. The van der Waals surface area contributed by atoms with Gasteiger partial charge in [0.05, 0.1) is 13.7 Å². The largest absolute Gasteiger partial charge is 0.468 e. The van der Waals surface area contributed by atoms with Gasteiger partial charge in [0.2, 0.25) is 0 Å². The Labute approximate surface area is 147 Å². The molecule has 7 nitrogen and oxygen atoms in total. The highest BCUT2D eigenvalue weighted by Crippen LogP contribution is 2.25. The van der Waals surface area contributed by atoms with Crippen LogP contribution >= 0.6 is 0 Å². The van der Waals surface area contributed by atoms with Gasteiger partial charge in [-0.25, -0.2) is 9.97 Å². The average Bonchev–Trinajstić information content (AvgIpc) is 2.65. The molecule has 132 valence electrons. The summed E-state index contributed by atoms with van der Waals surface area (Å²) < 4.78 is 4.74. The van der Waals surface area contributed by atoms with E-state index in [0.717, 1.165) is 48.8 Å². The number of carbonyl (C=O) groups excluding carboxylic acids is 1. The zero-order chi connectivity index (χ0) is 17.8. The van der Waals surface area contributed by atoms with Crippen molar-refractivity contribution in [1.82, 2.24) is 19.9 Å². The molecule has 0 aromatic carbocycles. The third kappa shape index (κ3) is 3.93. The predicted octanol–water partition coefficient (Wildman–Crippen LogP) is 1.45. The van der Waals surface area contributed by atoms with E-state index in [9.17, 15) is 4.79 Å². The lowest BCUT2D eigenvalue weighted by Crippen LogP contribution is -2.48. The van der Waals surface area contributed by atoms with Crippen molar-refractivity contribution in [1.29, 1.82) is 0 Å². The molecule has 2 aromatic rings. The zero-order valence-electron chi connectivity index (χ0n) is 14.9. The van der Waals surface area contributed by atoms with Crippen molar-refractivity contribution in [2.45, 2.75) is 13.8 Å². The second-order valence-corrected chi connectivity index (χ2v) is 6.16. The van der Waals surface area contributed by atoms with Gasteiger partial charge in [0.1, 0.15) is 5.82 Å². The Morgan fingerprint density at radius 1 is 1.20 bits per heavy atom. The van der Waals surface area contributed by atoms with Gasteiger partial charge in [-0.05, 0) is 26.0 Å². The smallest absolute Gasteiger partial charge is 0.319 e. The monoisotopic (exact) mass is 341 g/mol. The summed E-state index contributed by atoms with van der Waals surface area (Å²) in [6, 6.07) is 3.86. The van der Waals surface area contributed by atoms with Gasteiger partial charge in [0.15, 0.2) is 5.82 Å². The van der Waals surface area contributed by atoms with Gasteiger partial charge >= 0.3 is 5.97 Å². The maximum atomic E-state index is 11.4. The number of hydrogen-bond acceptors (Lipinski definition) is 7. The molecule has 1 aliphatic rings. The van der Waals surface area contributed by atoms with E-state index in [1.165, 1.54) is 7.11 Å². The predicted molar refractivity (Wildman–Crippen MR) is 95.4 cm³/mol. The SMILES string of the molecule is COC(=O)CN1CCN(c2nc(-c3cccnc3)nc(C)c2C)CC1. The van der Waals surface area contributed by atoms with Gasteiger partial charge in [0.25, 0.3) is 0 Å². The molecule has 3 heterocycles. The van der Waals surface area contributed by atoms with Crippen molar-refractivity contribution in [2.75, 3.05) is 44.7 Å². The molecule has 0 bridgehead atoms. The normalized spacial score (nSPS) is 15.2. The first-order valence-corrected chi connectivity index (χ1v) is 8.38. The fourth-order valence-electron chi connectivity index (χ4n) is 2.91. The number of carbonyl (C=O) groups is 1. The maximum Gasteiger partial charge on any atom is 0.319 e. The molecule has 0 saturated carbocycles. The number of aryl methyl sites for hydroxylation is 1. The first kappa shape index (κ1) is 17.3. The van der Waals surface area contributed by atoms with Gasteiger partial charge in [0, 0.05) is 55.4 Å². The van der Waals surface area contributed by atoms with Gasteiger partial charge in [-0.2, -0.15) is 0 Å². The Morgan fingerprint density at radius 2 is 1.96 bits per heavy atom. The first-order chi connectivity index (χ1) is 12.1. The molecule has 0 radical (unpaired) electrons. The van der Waals surface area contributed by atoms with Crippen molar-refractivity contribution in [3.8, 4) is 11.4 Å². The highest BCUT2D eigenvalue weighted by molar-refractivity contribution is 5.71. The lowest BCUT2D eigenvalue weighted by Gasteiger charge is -2.35. The van der Waals surface area contributed by atoms with Crippen molar-refractivity contribution in [2.24, 2.45) is 0 Å². The molecule has 1 fully saturated rings. The highest BCUT2D eigenvalue weighted by Gasteiger charge is 2.22. The number of piperazine rings is 1. The number of hydrogen-bond donors (Lipinski definition) is 0. The van der Waals surface area contributed by atoms with Crippen LogP contribution in [-0.4, -0.2) is 65.7 Å². The molecule has 3 rings (SSSR count). The van der Waals surface area contributed by atoms with E-state index in [4.69, 9.17) is 9.72 Å². The van der Waals surface area contributed by atoms with E-state index in [0.29, 0.717) is 12.4 Å². The van der Waals surface area contributed by atoms with Crippen LogP contribution in [0.1, 0.15) is 11.3 Å². The number of nitrogens with zero attached hydrogens (tertiary/aromatic N) is 5. The molecule has 2 aromatic heterocycles. The standard InChI is InChI=1S/C18H23N5O2/c1-13-14(2)20-17(15-5-4-6-19-11-15)21-18(13)23-9-7-22(8-10-23)12-16(24)25-3/h4-6,11H,7-10,12H2,1-3H3. The lowest BCUT2D eigenvalue weighted by atomic mass is 10.2. The number of methoxy groups -OCH3 is 1. The minimum absolute atomic E-state index is 0.193. The molecule has 25 heavy (non-hydrogen) atoms. The molecular weight excluding hydrogens is 318 g/mol. The molecular formula is C18H23N5O2. The van der Waals surface area contributed by atoms with E-state index in [1.807, 2.05) is 19.1 Å². The van der Waals surface area contributed by atoms with Crippen LogP contribution in [0.15, 0.2) is 24.5 Å². The van der Waals surface area contributed by atoms with Crippen LogP contribution < -0.4 is 4.90 Å². The first-order valence-electron chi connectivity index (χ1n) is 8.38. The topological polar surface area (TPSA) is 71.5 Å². The molecule has 7 heteroatoms.